The van der Waals surface area contributed by atoms with E-state index in [2.05, 4.69) is 31.9 Å². The molecule has 69 valence electrons. The second-order valence-electron chi connectivity index (χ2n) is 2.05. The first-order valence-electron chi connectivity index (χ1n) is 2.84. The molecule has 3 nitrogen and oxygen atoms in total. The maximum atomic E-state index is 10.6. The Hall–Kier alpha value is 0.726. The molecule has 1 aromatic rings. The first-order valence-corrected chi connectivity index (χ1v) is 5.86. The summed E-state index contributed by atoms with van der Waals surface area (Å²) < 4.78 is 31.2. The summed E-state index contributed by atoms with van der Waals surface area (Å²) in [5, 5.41) is 0. The molecule has 0 saturated carbocycles. The van der Waals surface area contributed by atoms with Gasteiger partial charge in [-0.05, 0) is 50.1 Å². The summed E-state index contributed by atoms with van der Waals surface area (Å²) in [5.41, 5.74) is 0. The summed E-state index contributed by atoms with van der Waals surface area (Å²) >= 11 is 6.29. The fraction of sp³-hybridized carbons (Fsp3) is 0. The van der Waals surface area contributed by atoms with Gasteiger partial charge < -0.3 is 0 Å². The minimum absolute atomic E-state index is 0. The predicted molar refractivity (Wildman–Crippen MR) is 57.4 cm³/mol. The first-order chi connectivity index (χ1) is 5.41. The summed E-state index contributed by atoms with van der Waals surface area (Å²) in [6.45, 7) is 0. The molecule has 0 atom stereocenters. The second kappa shape index (κ2) is 4.99. The molecule has 0 bridgehead atoms. The molecule has 0 saturated heterocycles. The molecule has 13 heavy (non-hydrogen) atoms. The molecule has 0 spiro atoms. The van der Waals surface area contributed by atoms with Crippen molar-refractivity contribution in [3.05, 3.63) is 27.1 Å². The van der Waals surface area contributed by atoms with E-state index >= 15 is 0 Å². The Labute approximate surface area is 106 Å². The Morgan fingerprint density at radius 2 is 1.69 bits per heavy atom. The van der Waals surface area contributed by atoms with E-state index in [0.29, 0.717) is 4.47 Å². The van der Waals surface area contributed by atoms with E-state index in [-0.39, 0.29) is 24.7 Å². The molecule has 0 fully saturated rings. The van der Waals surface area contributed by atoms with Gasteiger partial charge in [-0.2, -0.15) is 8.42 Å². The largest absolute Gasteiger partial charge is 0.294 e. The fourth-order valence-corrected chi connectivity index (χ4v) is 1.92. The van der Waals surface area contributed by atoms with Crippen LogP contribution < -0.4 is 0 Å². The van der Waals surface area contributed by atoms with E-state index in [1.165, 1.54) is 18.2 Å². The maximum Gasteiger partial charge on any atom is 0.294 e. The van der Waals surface area contributed by atoms with E-state index < -0.39 is 10.1 Å². The van der Waals surface area contributed by atoms with Gasteiger partial charge in [0.05, 0.1) is 4.90 Å². The third-order valence-electron chi connectivity index (χ3n) is 1.19. The molecule has 0 amide bonds. The average molecular weight is 386 g/mol. The van der Waals surface area contributed by atoms with Crippen LogP contribution in [-0.2, 0) is 10.1 Å². The Bertz CT molecular complexity index is 404. The van der Waals surface area contributed by atoms with Gasteiger partial charge in [-0.25, -0.2) is 0 Å². The van der Waals surface area contributed by atoms with Crippen molar-refractivity contribution in [2.45, 2.75) is 4.90 Å². The third kappa shape index (κ3) is 3.76. The first kappa shape index (κ1) is 13.7. The molecule has 0 unspecified atom stereocenters. The summed E-state index contributed by atoms with van der Waals surface area (Å²) in [6, 6.07) is 4.16. The van der Waals surface area contributed by atoms with Crippen molar-refractivity contribution in [2.75, 3.05) is 0 Å². The quantitative estimate of drug-likeness (QED) is 0.595. The van der Waals surface area contributed by atoms with Crippen LogP contribution in [0.2, 0.25) is 0 Å². The van der Waals surface area contributed by atoms with Crippen molar-refractivity contribution in [2.24, 2.45) is 0 Å². The number of rotatable bonds is 1. The van der Waals surface area contributed by atoms with Crippen molar-refractivity contribution in [1.29, 1.82) is 0 Å². The van der Waals surface area contributed by atoms with Gasteiger partial charge in [0, 0.05) is 28.7 Å². The van der Waals surface area contributed by atoms with E-state index in [1.54, 1.807) is 0 Å². The van der Waals surface area contributed by atoms with Crippen LogP contribution in [0.1, 0.15) is 0 Å². The maximum absolute atomic E-state index is 10.6. The van der Waals surface area contributed by atoms with Gasteiger partial charge in [0.2, 0.25) is 0 Å². The van der Waals surface area contributed by atoms with Crippen LogP contribution in [0.15, 0.2) is 32.0 Å². The van der Waals surface area contributed by atoms with Crippen molar-refractivity contribution < 1.29 is 13.0 Å². The zero-order valence-corrected chi connectivity index (χ0v) is 12.6. The zero-order chi connectivity index (χ0) is 9.35. The van der Waals surface area contributed by atoms with Crippen LogP contribution in [0.5, 0.6) is 0 Å². The van der Waals surface area contributed by atoms with Gasteiger partial charge in [0.1, 0.15) is 0 Å². The van der Waals surface area contributed by atoms with Gasteiger partial charge in [-0.15, -0.1) is 0 Å². The minimum Gasteiger partial charge on any atom is -0.282 e. The normalized spacial score (nSPS) is 10.7. The van der Waals surface area contributed by atoms with Crippen molar-refractivity contribution in [3.63, 3.8) is 0 Å². The monoisotopic (exact) mass is 383 g/mol. The fourth-order valence-electron chi connectivity index (χ4n) is 0.637. The van der Waals surface area contributed by atoms with E-state index in [9.17, 15) is 8.42 Å². The van der Waals surface area contributed by atoms with Crippen molar-refractivity contribution in [3.8, 4) is 0 Å². The molecular formula is C6H4Br2GaO3S. The molecule has 7 heteroatoms. The molecule has 3 radical (unpaired) electrons. The van der Waals surface area contributed by atoms with Gasteiger partial charge in [-0.3, -0.25) is 4.55 Å². The molecule has 1 N–H and O–H groups in total. The summed E-state index contributed by atoms with van der Waals surface area (Å²) in [4.78, 5) is -0.127. The topological polar surface area (TPSA) is 54.4 Å². The molecule has 0 aliphatic rings. The molecule has 0 aliphatic heterocycles. The Balaban J connectivity index is 0.00000144. The second-order valence-corrected chi connectivity index (χ2v) is 5.18. The van der Waals surface area contributed by atoms with Crippen LogP contribution in [-0.4, -0.2) is 32.8 Å². The number of hydrogen-bond donors (Lipinski definition) is 1. The van der Waals surface area contributed by atoms with Crippen LogP contribution in [0.4, 0.5) is 0 Å². The Morgan fingerprint density at radius 3 is 2.08 bits per heavy atom. The van der Waals surface area contributed by atoms with Gasteiger partial charge in [0.15, 0.2) is 0 Å². The summed E-state index contributed by atoms with van der Waals surface area (Å²) in [7, 11) is -4.09. The van der Waals surface area contributed by atoms with Crippen LogP contribution in [0, 0.1) is 0 Å². The predicted octanol–water partition coefficient (Wildman–Crippen LogP) is 2.08. The van der Waals surface area contributed by atoms with Gasteiger partial charge in [0.25, 0.3) is 10.1 Å². The smallest absolute Gasteiger partial charge is 0.282 e. The SMILES string of the molecule is O=S(=O)(O)c1ccc(Br)c(Br)c1.[Ga]. The molecule has 1 rings (SSSR count). The van der Waals surface area contributed by atoms with E-state index in [4.69, 9.17) is 4.55 Å². The van der Waals surface area contributed by atoms with E-state index in [1.807, 2.05) is 0 Å². The molecule has 1 aromatic carbocycles. The van der Waals surface area contributed by atoms with Crippen molar-refractivity contribution in [1.82, 2.24) is 0 Å². The summed E-state index contributed by atoms with van der Waals surface area (Å²) in [6.07, 6.45) is 0. The van der Waals surface area contributed by atoms with Gasteiger partial charge in [-0.1, -0.05) is 0 Å². The summed E-state index contributed by atoms with van der Waals surface area (Å²) in [5.74, 6) is 0. The minimum atomic E-state index is -4.09. The van der Waals surface area contributed by atoms with Crippen LogP contribution in [0.25, 0.3) is 0 Å². The number of hydrogen-bond acceptors (Lipinski definition) is 2. The Kier molecular flexibility index (Phi) is 5.27. The molecule has 0 aromatic heterocycles. The van der Waals surface area contributed by atoms with Crippen molar-refractivity contribution >= 4 is 61.8 Å². The molecule has 0 heterocycles. The zero-order valence-electron chi connectivity index (χ0n) is 6.24. The van der Waals surface area contributed by atoms with Crippen LogP contribution >= 0.6 is 31.9 Å². The average Bonchev–Trinajstić information content (AvgIpc) is 1.92. The molecular weight excluding hydrogens is 382 g/mol. The van der Waals surface area contributed by atoms with E-state index in [0.717, 1.165) is 4.47 Å². The number of halogens is 2. The Morgan fingerprint density at radius 1 is 1.15 bits per heavy atom. The molecule has 0 aliphatic carbocycles. The third-order valence-corrected chi connectivity index (χ3v) is 3.92. The van der Waals surface area contributed by atoms with Crippen LogP contribution in [0.3, 0.4) is 0 Å². The van der Waals surface area contributed by atoms with Gasteiger partial charge >= 0.3 is 0 Å². The standard InChI is InChI=1S/C6H4Br2O3S.Ga/c7-5-2-1-4(3-6(5)8)12(9,10)11;/h1-3H,(H,9,10,11);. The number of benzene rings is 1.